The van der Waals surface area contributed by atoms with E-state index in [0.717, 1.165) is 11.3 Å². The number of carbonyl (C=O) groups excluding carboxylic acids is 1. The monoisotopic (exact) mass is 254 g/mol. The first-order chi connectivity index (χ1) is 8.37. The topological polar surface area (TPSA) is 116 Å². The van der Waals surface area contributed by atoms with Gasteiger partial charge in [0.15, 0.2) is 0 Å². The molecule has 6 nitrogen and oxygen atoms in total. The first-order valence-corrected chi connectivity index (χ1v) is 5.17. The van der Waals surface area contributed by atoms with E-state index in [9.17, 15) is 4.79 Å². The molecule has 1 aromatic carbocycles. The summed E-state index contributed by atoms with van der Waals surface area (Å²) in [6, 6.07) is 7.39. The second kappa shape index (κ2) is 7.29. The van der Waals surface area contributed by atoms with Crippen molar-refractivity contribution >= 4 is 12.4 Å². The van der Waals surface area contributed by atoms with Crippen LogP contribution in [0.5, 0.6) is 5.75 Å². The van der Waals surface area contributed by atoms with Crippen molar-refractivity contribution in [1.82, 2.24) is 0 Å². The lowest BCUT2D eigenvalue weighted by Gasteiger charge is -2.20. The third kappa shape index (κ3) is 5.31. The molecule has 6 heteroatoms. The highest BCUT2D eigenvalue weighted by atomic mass is 16.5. The Morgan fingerprint density at radius 1 is 1.44 bits per heavy atom. The minimum atomic E-state index is -1.01. The number of carboxylic acid groups (broad SMARTS) is 1. The van der Waals surface area contributed by atoms with Gasteiger partial charge in [0.05, 0.1) is 12.6 Å². The minimum absolute atomic E-state index is 0.250. The highest BCUT2D eigenvalue weighted by Gasteiger charge is 2.25. The largest absolute Gasteiger partial charge is 0.497 e. The number of ether oxygens (including phenoxy) is 1. The molecule has 18 heavy (non-hydrogen) atoms. The second-order valence-corrected chi connectivity index (χ2v) is 3.91. The predicted molar refractivity (Wildman–Crippen MR) is 67.2 cm³/mol. The molecule has 0 bridgehead atoms. The van der Waals surface area contributed by atoms with Gasteiger partial charge in [0.2, 0.25) is 5.91 Å². The number of rotatable bonds is 4. The van der Waals surface area contributed by atoms with Crippen LogP contribution >= 0.6 is 0 Å². The van der Waals surface area contributed by atoms with E-state index in [4.69, 9.17) is 26.1 Å². The van der Waals surface area contributed by atoms with Crippen molar-refractivity contribution < 1.29 is 19.4 Å². The number of methoxy groups -OCH3 is 1. The summed E-state index contributed by atoms with van der Waals surface area (Å²) in [4.78, 5) is 19.4. The molecule has 0 heterocycles. The van der Waals surface area contributed by atoms with Gasteiger partial charge in [0, 0.05) is 0 Å². The molecule has 1 amide bonds. The van der Waals surface area contributed by atoms with Crippen LogP contribution in [0.1, 0.15) is 12.5 Å². The maximum absolute atomic E-state index is 11.0. The van der Waals surface area contributed by atoms with Crippen LogP contribution in [0.25, 0.3) is 0 Å². The van der Waals surface area contributed by atoms with Gasteiger partial charge < -0.3 is 21.3 Å². The van der Waals surface area contributed by atoms with Crippen molar-refractivity contribution in [3.63, 3.8) is 0 Å². The molecule has 1 rings (SSSR count). The molecule has 1 aromatic rings. The summed E-state index contributed by atoms with van der Waals surface area (Å²) in [6.07, 6.45) is 0.423. The Morgan fingerprint density at radius 2 is 1.89 bits per heavy atom. The summed E-state index contributed by atoms with van der Waals surface area (Å²) < 4.78 is 5.02. The van der Waals surface area contributed by atoms with Crippen molar-refractivity contribution in [2.45, 2.75) is 18.9 Å². The highest BCUT2D eigenvalue weighted by molar-refractivity contribution is 5.84. The van der Waals surface area contributed by atoms with Crippen LogP contribution in [0.15, 0.2) is 24.3 Å². The van der Waals surface area contributed by atoms with Gasteiger partial charge in [-0.05, 0) is 31.0 Å². The number of carbonyl (C=O) groups is 2. The lowest BCUT2D eigenvalue weighted by Crippen LogP contribution is -2.51. The van der Waals surface area contributed by atoms with Crippen LogP contribution in [0.4, 0.5) is 0 Å². The highest BCUT2D eigenvalue weighted by Crippen LogP contribution is 2.15. The number of primary amides is 1. The zero-order valence-electron chi connectivity index (χ0n) is 10.4. The molecular formula is C12H18N2O4. The quantitative estimate of drug-likeness (QED) is 0.661. The Bertz CT molecular complexity index is 388. The van der Waals surface area contributed by atoms with Gasteiger partial charge in [-0.15, -0.1) is 0 Å². The SMILES string of the molecule is COc1ccc(C[C@](C)(N)C(N)=O)cc1.O=CO. The van der Waals surface area contributed by atoms with E-state index in [0.29, 0.717) is 6.42 Å². The lowest BCUT2D eigenvalue weighted by atomic mass is 9.93. The van der Waals surface area contributed by atoms with Gasteiger partial charge in [-0.25, -0.2) is 0 Å². The Hall–Kier alpha value is -2.08. The smallest absolute Gasteiger partial charge is 0.290 e. The summed E-state index contributed by atoms with van der Waals surface area (Å²) >= 11 is 0. The molecule has 0 unspecified atom stereocenters. The van der Waals surface area contributed by atoms with Crippen molar-refractivity contribution in [1.29, 1.82) is 0 Å². The fraction of sp³-hybridized carbons (Fsp3) is 0.333. The third-order valence-electron chi connectivity index (χ3n) is 2.29. The van der Waals surface area contributed by atoms with Crippen LogP contribution in [0, 0.1) is 0 Å². The Morgan fingerprint density at radius 3 is 2.22 bits per heavy atom. The normalized spacial score (nSPS) is 12.6. The molecule has 0 radical (unpaired) electrons. The van der Waals surface area contributed by atoms with E-state index in [1.165, 1.54) is 0 Å². The van der Waals surface area contributed by atoms with E-state index in [1.54, 1.807) is 14.0 Å². The van der Waals surface area contributed by atoms with Gasteiger partial charge in [0.25, 0.3) is 6.47 Å². The van der Waals surface area contributed by atoms with Gasteiger partial charge in [-0.1, -0.05) is 12.1 Å². The van der Waals surface area contributed by atoms with Gasteiger partial charge in [-0.3, -0.25) is 9.59 Å². The summed E-state index contributed by atoms with van der Waals surface area (Å²) in [5, 5.41) is 6.89. The van der Waals surface area contributed by atoms with Crippen molar-refractivity contribution in [3.05, 3.63) is 29.8 Å². The number of hydrogen-bond acceptors (Lipinski definition) is 4. The molecule has 0 spiro atoms. The second-order valence-electron chi connectivity index (χ2n) is 3.91. The van der Waals surface area contributed by atoms with Crippen LogP contribution in [0.2, 0.25) is 0 Å². The van der Waals surface area contributed by atoms with Crippen LogP contribution < -0.4 is 16.2 Å². The van der Waals surface area contributed by atoms with Crippen molar-refractivity contribution in [3.8, 4) is 5.75 Å². The Balaban J connectivity index is 0.000000873. The predicted octanol–water partition coefficient (Wildman–Crippen LogP) is 0.141. The minimum Gasteiger partial charge on any atom is -0.497 e. The number of amides is 1. The summed E-state index contributed by atoms with van der Waals surface area (Å²) in [6.45, 7) is 1.37. The summed E-state index contributed by atoms with van der Waals surface area (Å²) in [7, 11) is 1.60. The number of nitrogens with two attached hydrogens (primary N) is 2. The standard InChI is InChI=1S/C11H16N2O2.CH2O2/c1-11(13,10(12)14)7-8-3-5-9(15-2)6-4-8;2-1-3/h3-6H,7,13H2,1-2H3,(H2,12,14);1H,(H,2,3)/t11-;/m0./s1. The fourth-order valence-corrected chi connectivity index (χ4v) is 1.25. The molecule has 1 atom stereocenters. The summed E-state index contributed by atoms with van der Waals surface area (Å²) in [5.41, 5.74) is 10.9. The molecule has 0 aliphatic carbocycles. The maximum atomic E-state index is 11.0. The fourth-order valence-electron chi connectivity index (χ4n) is 1.25. The van der Waals surface area contributed by atoms with Crippen molar-refractivity contribution in [2.24, 2.45) is 11.5 Å². The lowest BCUT2D eigenvalue weighted by molar-refractivity contribution is -0.123. The molecule has 0 fully saturated rings. The molecule has 0 aliphatic rings. The van der Waals surface area contributed by atoms with Gasteiger partial charge in [-0.2, -0.15) is 0 Å². The third-order valence-corrected chi connectivity index (χ3v) is 2.29. The molecule has 0 aliphatic heterocycles. The molecule has 100 valence electrons. The van der Waals surface area contributed by atoms with Crippen molar-refractivity contribution in [2.75, 3.05) is 7.11 Å². The Labute approximate surface area is 106 Å². The summed E-state index contributed by atoms with van der Waals surface area (Å²) in [5.74, 6) is 0.273. The van der Waals surface area contributed by atoms with Gasteiger partial charge in [0.1, 0.15) is 5.75 Å². The average molecular weight is 254 g/mol. The zero-order valence-corrected chi connectivity index (χ0v) is 10.4. The maximum Gasteiger partial charge on any atom is 0.290 e. The van der Waals surface area contributed by atoms with Gasteiger partial charge >= 0.3 is 0 Å². The van der Waals surface area contributed by atoms with E-state index in [2.05, 4.69) is 0 Å². The van der Waals surface area contributed by atoms with E-state index in [1.807, 2.05) is 24.3 Å². The molecule has 0 saturated carbocycles. The molecule has 0 saturated heterocycles. The van der Waals surface area contributed by atoms with E-state index >= 15 is 0 Å². The molecule has 5 N–H and O–H groups in total. The van der Waals surface area contributed by atoms with Crippen LogP contribution in [-0.2, 0) is 16.0 Å². The molecule has 0 aromatic heterocycles. The van der Waals surface area contributed by atoms with Crippen LogP contribution in [-0.4, -0.2) is 30.1 Å². The van der Waals surface area contributed by atoms with E-state index in [-0.39, 0.29) is 6.47 Å². The number of benzene rings is 1. The number of hydrogen-bond donors (Lipinski definition) is 3. The average Bonchev–Trinajstić information content (AvgIpc) is 2.30. The zero-order chi connectivity index (χ0) is 14.2. The molecular weight excluding hydrogens is 236 g/mol. The first kappa shape index (κ1) is 15.9. The van der Waals surface area contributed by atoms with Crippen LogP contribution in [0.3, 0.4) is 0 Å². The Kier molecular flexibility index (Phi) is 6.44. The van der Waals surface area contributed by atoms with E-state index < -0.39 is 11.4 Å². The first-order valence-electron chi connectivity index (χ1n) is 5.17.